The summed E-state index contributed by atoms with van der Waals surface area (Å²) in [6.45, 7) is 4.12. The highest BCUT2D eigenvalue weighted by Gasteiger charge is 2.31. The molecule has 1 rings (SSSR count). The summed E-state index contributed by atoms with van der Waals surface area (Å²) in [5.74, 6) is 0.308. The van der Waals surface area contributed by atoms with Crippen molar-refractivity contribution in [1.29, 1.82) is 0 Å². The molecule has 0 amide bonds. The fourth-order valence-corrected chi connectivity index (χ4v) is 2.10. The van der Waals surface area contributed by atoms with Gasteiger partial charge in [-0.05, 0) is 19.4 Å². The predicted octanol–water partition coefficient (Wildman–Crippen LogP) is 5.52. The molecular formula is C14H20ClF3N2. The van der Waals surface area contributed by atoms with Gasteiger partial charge in [0.15, 0.2) is 0 Å². The van der Waals surface area contributed by atoms with E-state index in [-0.39, 0.29) is 11.1 Å². The zero-order chi connectivity index (χ0) is 15.2. The minimum absolute atomic E-state index is 0.000216. The summed E-state index contributed by atoms with van der Waals surface area (Å²) in [4.78, 5) is 3.77. The van der Waals surface area contributed by atoms with Gasteiger partial charge in [-0.25, -0.2) is 4.98 Å². The van der Waals surface area contributed by atoms with Crippen LogP contribution in [0.25, 0.3) is 0 Å². The Morgan fingerprint density at radius 2 is 2.00 bits per heavy atom. The first-order valence-electron chi connectivity index (χ1n) is 6.84. The lowest BCUT2D eigenvalue weighted by atomic mass is 10.1. The molecule has 0 radical (unpaired) electrons. The summed E-state index contributed by atoms with van der Waals surface area (Å²) >= 11 is 5.84. The minimum atomic E-state index is -4.42. The molecule has 0 spiro atoms. The predicted molar refractivity (Wildman–Crippen MR) is 76.1 cm³/mol. The average molecular weight is 309 g/mol. The summed E-state index contributed by atoms with van der Waals surface area (Å²) in [5.41, 5.74) is -0.830. The van der Waals surface area contributed by atoms with Crippen molar-refractivity contribution in [2.45, 2.75) is 58.2 Å². The Balaban J connectivity index is 2.56. The van der Waals surface area contributed by atoms with Crippen molar-refractivity contribution in [3.8, 4) is 0 Å². The molecule has 1 N–H and O–H groups in total. The lowest BCUT2D eigenvalue weighted by molar-refractivity contribution is -0.137. The number of hydrogen-bond acceptors (Lipinski definition) is 2. The number of aromatic nitrogens is 1. The normalized spacial score (nSPS) is 13.3. The molecule has 114 valence electrons. The van der Waals surface area contributed by atoms with E-state index in [9.17, 15) is 13.2 Å². The Morgan fingerprint density at radius 3 is 2.55 bits per heavy atom. The molecule has 0 saturated carbocycles. The first-order chi connectivity index (χ1) is 9.34. The van der Waals surface area contributed by atoms with Gasteiger partial charge in [0.25, 0.3) is 0 Å². The van der Waals surface area contributed by atoms with Crippen LogP contribution in [-0.2, 0) is 6.18 Å². The van der Waals surface area contributed by atoms with Gasteiger partial charge in [0.2, 0.25) is 0 Å². The first-order valence-corrected chi connectivity index (χ1v) is 7.21. The molecule has 1 atom stereocenters. The number of unbranched alkanes of at least 4 members (excludes halogenated alkanes) is 3. The number of pyridine rings is 1. The van der Waals surface area contributed by atoms with Crippen LogP contribution in [0.4, 0.5) is 19.0 Å². The summed E-state index contributed by atoms with van der Waals surface area (Å²) in [6.07, 6.45) is 1.95. The second-order valence-corrected chi connectivity index (χ2v) is 5.35. The highest BCUT2D eigenvalue weighted by Crippen LogP contribution is 2.32. The quantitative estimate of drug-likeness (QED) is 0.670. The van der Waals surface area contributed by atoms with E-state index in [0.717, 1.165) is 31.5 Å². The maximum Gasteiger partial charge on any atom is 0.417 e. The van der Waals surface area contributed by atoms with Crippen molar-refractivity contribution in [2.75, 3.05) is 5.32 Å². The standard InChI is InChI=1S/C14H20ClF3N2/c1-3-4-5-6-7-10(2)20-13-12(15)8-11(9-19-13)14(16,17)18/h8-10H,3-7H2,1-2H3,(H,19,20). The van der Waals surface area contributed by atoms with Crippen LogP contribution in [0.2, 0.25) is 5.02 Å². The Morgan fingerprint density at radius 1 is 1.30 bits per heavy atom. The monoisotopic (exact) mass is 308 g/mol. The van der Waals surface area contributed by atoms with Crippen LogP contribution < -0.4 is 5.32 Å². The second kappa shape index (κ2) is 7.72. The third kappa shape index (κ3) is 5.57. The topological polar surface area (TPSA) is 24.9 Å². The van der Waals surface area contributed by atoms with Crippen molar-refractivity contribution < 1.29 is 13.2 Å². The molecule has 1 aromatic heterocycles. The molecule has 0 bridgehead atoms. The van der Waals surface area contributed by atoms with E-state index >= 15 is 0 Å². The SMILES string of the molecule is CCCCCCC(C)Nc1ncc(C(F)(F)F)cc1Cl. The largest absolute Gasteiger partial charge is 0.417 e. The van der Waals surface area contributed by atoms with E-state index in [1.54, 1.807) is 0 Å². The molecule has 0 aliphatic heterocycles. The molecule has 1 aromatic rings. The van der Waals surface area contributed by atoms with Gasteiger partial charge in [-0.3, -0.25) is 0 Å². The summed E-state index contributed by atoms with van der Waals surface area (Å²) < 4.78 is 37.4. The van der Waals surface area contributed by atoms with Crippen LogP contribution in [-0.4, -0.2) is 11.0 Å². The van der Waals surface area contributed by atoms with E-state index in [2.05, 4.69) is 17.2 Å². The number of alkyl halides is 3. The molecule has 0 aliphatic rings. The number of nitrogens with one attached hydrogen (secondary N) is 1. The number of rotatable bonds is 7. The van der Waals surface area contributed by atoms with Gasteiger partial charge >= 0.3 is 6.18 Å². The van der Waals surface area contributed by atoms with Crippen LogP contribution in [0.1, 0.15) is 51.5 Å². The molecule has 1 unspecified atom stereocenters. The van der Waals surface area contributed by atoms with Crippen LogP contribution in [0.15, 0.2) is 12.3 Å². The first kappa shape index (κ1) is 17.1. The van der Waals surface area contributed by atoms with Crippen molar-refractivity contribution in [3.63, 3.8) is 0 Å². The van der Waals surface area contributed by atoms with Crippen LogP contribution in [0.5, 0.6) is 0 Å². The Bertz CT molecular complexity index is 421. The summed E-state index contributed by atoms with van der Waals surface area (Å²) in [6, 6.07) is 1.04. The van der Waals surface area contributed by atoms with Crippen molar-refractivity contribution >= 4 is 17.4 Å². The van der Waals surface area contributed by atoms with Gasteiger partial charge in [-0.2, -0.15) is 13.2 Å². The summed E-state index contributed by atoms with van der Waals surface area (Å²) in [7, 11) is 0. The van der Waals surface area contributed by atoms with Gasteiger partial charge < -0.3 is 5.32 Å². The Labute approximate surface area is 122 Å². The van der Waals surface area contributed by atoms with Gasteiger partial charge in [-0.1, -0.05) is 44.2 Å². The molecule has 0 saturated heterocycles. The third-order valence-corrected chi connectivity index (χ3v) is 3.33. The fourth-order valence-electron chi connectivity index (χ4n) is 1.88. The highest BCUT2D eigenvalue weighted by molar-refractivity contribution is 6.32. The molecule has 1 heterocycles. The smallest absolute Gasteiger partial charge is 0.366 e. The van der Waals surface area contributed by atoms with E-state index in [1.165, 1.54) is 12.8 Å². The molecule has 6 heteroatoms. The molecule has 0 aromatic carbocycles. The maximum absolute atomic E-state index is 12.5. The second-order valence-electron chi connectivity index (χ2n) is 4.95. The molecule has 0 aliphatic carbocycles. The Kier molecular flexibility index (Phi) is 6.59. The van der Waals surface area contributed by atoms with Crippen LogP contribution in [0.3, 0.4) is 0 Å². The minimum Gasteiger partial charge on any atom is -0.366 e. The van der Waals surface area contributed by atoms with E-state index in [4.69, 9.17) is 11.6 Å². The number of nitrogens with zero attached hydrogens (tertiary/aromatic N) is 1. The zero-order valence-corrected chi connectivity index (χ0v) is 12.5. The van der Waals surface area contributed by atoms with Crippen molar-refractivity contribution in [2.24, 2.45) is 0 Å². The lowest BCUT2D eigenvalue weighted by Gasteiger charge is -2.16. The van der Waals surface area contributed by atoms with Crippen molar-refractivity contribution in [3.05, 3.63) is 22.8 Å². The number of halogens is 4. The van der Waals surface area contributed by atoms with Gasteiger partial charge in [0, 0.05) is 12.2 Å². The average Bonchev–Trinajstić information content (AvgIpc) is 2.36. The van der Waals surface area contributed by atoms with Gasteiger partial charge in [0.05, 0.1) is 10.6 Å². The lowest BCUT2D eigenvalue weighted by Crippen LogP contribution is -2.17. The zero-order valence-electron chi connectivity index (χ0n) is 11.7. The Hall–Kier alpha value is -0.970. The van der Waals surface area contributed by atoms with Crippen LogP contribution >= 0.6 is 11.6 Å². The molecule has 2 nitrogen and oxygen atoms in total. The molecular weight excluding hydrogens is 289 g/mol. The van der Waals surface area contributed by atoms with Gasteiger partial charge in [-0.15, -0.1) is 0 Å². The van der Waals surface area contributed by atoms with Crippen LogP contribution in [0, 0.1) is 0 Å². The fraction of sp³-hybridized carbons (Fsp3) is 0.643. The van der Waals surface area contributed by atoms with E-state index in [1.807, 2.05) is 6.92 Å². The van der Waals surface area contributed by atoms with E-state index in [0.29, 0.717) is 5.82 Å². The van der Waals surface area contributed by atoms with Gasteiger partial charge in [0.1, 0.15) is 5.82 Å². The molecule has 0 fully saturated rings. The maximum atomic E-state index is 12.5. The van der Waals surface area contributed by atoms with E-state index < -0.39 is 11.7 Å². The number of anilines is 1. The number of hydrogen-bond donors (Lipinski definition) is 1. The van der Waals surface area contributed by atoms with Crippen molar-refractivity contribution in [1.82, 2.24) is 4.98 Å². The molecule has 20 heavy (non-hydrogen) atoms. The highest BCUT2D eigenvalue weighted by atomic mass is 35.5. The third-order valence-electron chi connectivity index (χ3n) is 3.04. The summed E-state index contributed by atoms with van der Waals surface area (Å²) in [5, 5.41) is 3.06.